The van der Waals surface area contributed by atoms with Crippen LogP contribution in [0, 0.1) is 5.92 Å². The summed E-state index contributed by atoms with van der Waals surface area (Å²) in [5.41, 5.74) is 1.29. The lowest BCUT2D eigenvalue weighted by molar-refractivity contribution is -0.921. The third kappa shape index (κ3) is 17.1. The van der Waals surface area contributed by atoms with Crippen molar-refractivity contribution < 1.29 is 52.6 Å². The number of hydrogen-bond acceptors (Lipinski definition) is 5. The number of benzene rings is 1. The first kappa shape index (κ1) is 34.6. The maximum absolute atomic E-state index is 12.1. The summed E-state index contributed by atoms with van der Waals surface area (Å²) in [6.45, 7) is 8.52. The topological polar surface area (TPSA) is 84.9 Å². The van der Waals surface area contributed by atoms with Gasteiger partial charge in [-0.1, -0.05) is 89.6 Å². The van der Waals surface area contributed by atoms with Crippen LogP contribution in [0.4, 0.5) is 4.79 Å². The van der Waals surface area contributed by atoms with E-state index in [2.05, 4.69) is 43.6 Å². The molecule has 0 saturated heterocycles. The maximum atomic E-state index is 12.1. The highest BCUT2D eigenvalue weighted by molar-refractivity contribution is 5.71. The quantitative estimate of drug-likeness (QED) is 0.107. The number of nitrogens with zero attached hydrogens (tertiary/aromatic N) is 1. The van der Waals surface area contributed by atoms with Crippen LogP contribution in [-0.4, -0.2) is 67.7 Å². The number of alkyl carbamates (subject to hydrolysis) is 1. The lowest BCUT2D eigenvalue weighted by Gasteiger charge is -2.35. The number of unbranched alkanes of at least 4 members (excludes halogenated alkanes) is 7. The standard InChI is InChI=1S/C28H48N2O5.HI/c1-5-6-7-8-9-10-11-15-19-30(4,21-25-16-13-12-14-17-25)20-18-29-28(33)35-23-26(31)22-34-27(32)24(2)3;/h12-14,16-17,24,26,31H,5-11,15,18-23H2,1-4H3;1H. The Balaban J connectivity index is 0.0000122. The lowest BCUT2D eigenvalue weighted by Crippen LogP contribution is -3.00. The molecular formula is C28H49IN2O5. The Morgan fingerprint density at radius 2 is 1.50 bits per heavy atom. The van der Waals surface area contributed by atoms with Crippen molar-refractivity contribution in [1.82, 2.24) is 5.32 Å². The van der Waals surface area contributed by atoms with E-state index in [1.165, 1.54) is 56.9 Å². The highest BCUT2D eigenvalue weighted by Crippen LogP contribution is 2.15. The Morgan fingerprint density at radius 1 is 0.917 bits per heavy atom. The van der Waals surface area contributed by atoms with E-state index in [-0.39, 0.29) is 49.1 Å². The fraction of sp³-hybridized carbons (Fsp3) is 0.714. The van der Waals surface area contributed by atoms with Crippen LogP contribution in [0.15, 0.2) is 30.3 Å². The van der Waals surface area contributed by atoms with E-state index in [9.17, 15) is 14.7 Å². The molecule has 0 heterocycles. The van der Waals surface area contributed by atoms with Crippen LogP contribution in [0.1, 0.15) is 77.7 Å². The number of likely N-dealkylation sites (N-methyl/N-ethyl adjacent to an activating group) is 1. The summed E-state index contributed by atoms with van der Waals surface area (Å²) in [5, 5.41) is 12.7. The number of aliphatic hydroxyl groups excluding tert-OH is 1. The van der Waals surface area contributed by atoms with Crippen LogP contribution in [-0.2, 0) is 20.8 Å². The van der Waals surface area contributed by atoms with Gasteiger partial charge < -0.3 is 48.4 Å². The maximum Gasteiger partial charge on any atom is 0.407 e. The van der Waals surface area contributed by atoms with E-state index in [4.69, 9.17) is 9.47 Å². The molecule has 2 unspecified atom stereocenters. The van der Waals surface area contributed by atoms with Gasteiger partial charge in [-0.2, -0.15) is 0 Å². The molecule has 7 nitrogen and oxygen atoms in total. The second-order valence-corrected chi connectivity index (χ2v) is 10.1. The van der Waals surface area contributed by atoms with Crippen LogP contribution >= 0.6 is 0 Å². The van der Waals surface area contributed by atoms with E-state index in [1.54, 1.807) is 13.8 Å². The van der Waals surface area contributed by atoms with E-state index < -0.39 is 12.2 Å². The highest BCUT2D eigenvalue weighted by atomic mass is 127. The molecule has 0 aliphatic heterocycles. The summed E-state index contributed by atoms with van der Waals surface area (Å²) in [6.07, 6.45) is 8.71. The minimum absolute atomic E-state index is 0. The first-order chi connectivity index (χ1) is 16.8. The summed E-state index contributed by atoms with van der Waals surface area (Å²) in [5.74, 6) is -0.652. The summed E-state index contributed by atoms with van der Waals surface area (Å²) in [4.78, 5) is 23.5. The molecule has 0 aromatic heterocycles. The number of halogens is 1. The number of carbonyl (C=O) groups is 2. The number of nitrogens with one attached hydrogen (secondary N) is 1. The molecule has 0 spiro atoms. The van der Waals surface area contributed by atoms with Gasteiger partial charge in [0.05, 0.1) is 32.6 Å². The Labute approximate surface area is 235 Å². The van der Waals surface area contributed by atoms with Crippen LogP contribution in [0.25, 0.3) is 0 Å². The second kappa shape index (κ2) is 20.6. The molecule has 2 N–H and O–H groups in total. The van der Waals surface area contributed by atoms with Crippen molar-refractivity contribution in [2.45, 2.75) is 84.8 Å². The molecule has 0 fully saturated rings. The van der Waals surface area contributed by atoms with Crippen LogP contribution in [0.3, 0.4) is 0 Å². The Kier molecular flexibility index (Phi) is 19.8. The first-order valence-electron chi connectivity index (χ1n) is 13.4. The normalized spacial score (nSPS) is 13.4. The zero-order chi connectivity index (χ0) is 25.9. The van der Waals surface area contributed by atoms with E-state index in [0.717, 1.165) is 24.1 Å². The predicted octanol–water partition coefficient (Wildman–Crippen LogP) is 2.06. The number of aliphatic hydroxyl groups is 1. The van der Waals surface area contributed by atoms with Gasteiger partial charge in [0.1, 0.15) is 25.9 Å². The Hall–Kier alpha value is -1.39. The first-order valence-corrected chi connectivity index (χ1v) is 13.4. The SMILES string of the molecule is CCCCCCCCCC[N+](C)(CCNC(=O)OCC(O)COC(=O)C(C)C)Cc1ccccc1.[I-]. The number of amides is 1. The van der Waals surface area contributed by atoms with E-state index >= 15 is 0 Å². The number of esters is 1. The van der Waals surface area contributed by atoms with Crippen molar-refractivity contribution in [3.63, 3.8) is 0 Å². The third-order valence-electron chi connectivity index (χ3n) is 6.18. The summed E-state index contributed by atoms with van der Waals surface area (Å²) < 4.78 is 10.9. The number of hydrogen-bond donors (Lipinski definition) is 2. The summed E-state index contributed by atoms with van der Waals surface area (Å²) in [6, 6.07) is 10.5. The Morgan fingerprint density at radius 3 is 2.11 bits per heavy atom. The van der Waals surface area contributed by atoms with Crippen molar-refractivity contribution in [1.29, 1.82) is 0 Å². The van der Waals surface area contributed by atoms with Gasteiger partial charge in [0, 0.05) is 5.56 Å². The van der Waals surface area contributed by atoms with E-state index in [1.807, 2.05) is 6.07 Å². The van der Waals surface area contributed by atoms with Crippen molar-refractivity contribution in [2.24, 2.45) is 5.92 Å². The molecular weight excluding hydrogens is 571 g/mol. The fourth-order valence-electron chi connectivity index (χ4n) is 3.97. The van der Waals surface area contributed by atoms with Crippen molar-refractivity contribution in [3.05, 3.63) is 35.9 Å². The molecule has 208 valence electrons. The molecule has 8 heteroatoms. The molecule has 1 rings (SSSR count). The van der Waals surface area contributed by atoms with Gasteiger partial charge in [-0.05, 0) is 12.8 Å². The van der Waals surface area contributed by atoms with Gasteiger partial charge in [-0.3, -0.25) is 4.79 Å². The molecule has 0 aliphatic carbocycles. The zero-order valence-electron chi connectivity index (χ0n) is 22.8. The van der Waals surface area contributed by atoms with Gasteiger partial charge in [0.15, 0.2) is 0 Å². The van der Waals surface area contributed by atoms with Crippen molar-refractivity contribution >= 4 is 12.1 Å². The molecule has 0 saturated carbocycles. The molecule has 1 amide bonds. The lowest BCUT2D eigenvalue weighted by atomic mass is 10.1. The minimum Gasteiger partial charge on any atom is -1.00 e. The van der Waals surface area contributed by atoms with Crippen molar-refractivity contribution in [3.8, 4) is 0 Å². The second-order valence-electron chi connectivity index (χ2n) is 10.1. The average molecular weight is 621 g/mol. The number of ether oxygens (including phenoxy) is 2. The van der Waals surface area contributed by atoms with E-state index in [0.29, 0.717) is 6.54 Å². The predicted molar refractivity (Wildman–Crippen MR) is 140 cm³/mol. The van der Waals surface area contributed by atoms with Gasteiger partial charge in [0.25, 0.3) is 0 Å². The minimum atomic E-state index is -1.04. The molecule has 0 radical (unpaired) electrons. The molecule has 0 bridgehead atoms. The smallest absolute Gasteiger partial charge is 0.407 e. The van der Waals surface area contributed by atoms with Gasteiger partial charge in [-0.15, -0.1) is 0 Å². The number of carbonyl (C=O) groups excluding carboxylic acids is 2. The number of rotatable bonds is 19. The average Bonchev–Trinajstić information content (AvgIpc) is 2.83. The molecule has 2 atom stereocenters. The molecule has 0 aliphatic rings. The zero-order valence-corrected chi connectivity index (χ0v) is 25.0. The van der Waals surface area contributed by atoms with Gasteiger partial charge >= 0.3 is 12.1 Å². The third-order valence-corrected chi connectivity index (χ3v) is 6.18. The summed E-state index contributed by atoms with van der Waals surface area (Å²) >= 11 is 0. The molecule has 1 aromatic rings. The van der Waals surface area contributed by atoms with Crippen LogP contribution < -0.4 is 29.3 Å². The van der Waals surface area contributed by atoms with Crippen LogP contribution in [0.2, 0.25) is 0 Å². The number of quaternary nitrogens is 1. The molecule has 36 heavy (non-hydrogen) atoms. The Bertz CT molecular complexity index is 704. The van der Waals surface area contributed by atoms with Gasteiger partial charge in [0.2, 0.25) is 0 Å². The highest BCUT2D eigenvalue weighted by Gasteiger charge is 2.22. The van der Waals surface area contributed by atoms with Crippen molar-refractivity contribution in [2.75, 3.05) is 39.9 Å². The molecule has 1 aromatic carbocycles. The monoisotopic (exact) mass is 620 g/mol. The van der Waals surface area contributed by atoms with Gasteiger partial charge in [-0.25, -0.2) is 4.79 Å². The van der Waals surface area contributed by atoms with Crippen LogP contribution in [0.5, 0.6) is 0 Å². The fourth-order valence-corrected chi connectivity index (χ4v) is 3.97. The summed E-state index contributed by atoms with van der Waals surface area (Å²) in [7, 11) is 2.24. The largest absolute Gasteiger partial charge is 1.00 e.